The molecule has 1 heteroatoms. The molecule has 18 heavy (non-hydrogen) atoms. The van der Waals surface area contributed by atoms with Gasteiger partial charge in [0.25, 0.3) is 0 Å². The van der Waals surface area contributed by atoms with Crippen LogP contribution in [0.15, 0.2) is 24.3 Å². The third-order valence-corrected chi connectivity index (χ3v) is 4.07. The molecule has 0 unspecified atom stereocenters. The smallest absolute Gasteiger partial charge is 0.119 e. The van der Waals surface area contributed by atoms with E-state index in [1.54, 1.807) is 0 Å². The first-order chi connectivity index (χ1) is 8.75. The van der Waals surface area contributed by atoms with Crippen LogP contribution in [-0.2, 0) is 0 Å². The number of rotatable bonds is 5. The van der Waals surface area contributed by atoms with Crippen LogP contribution in [0.2, 0.25) is 0 Å². The molecule has 1 aliphatic rings. The Labute approximate surface area is 112 Å². The molecule has 2 rings (SSSR count). The van der Waals surface area contributed by atoms with Gasteiger partial charge in [0.1, 0.15) is 5.75 Å². The summed E-state index contributed by atoms with van der Waals surface area (Å²) in [7, 11) is 0. The van der Waals surface area contributed by atoms with Gasteiger partial charge in [0.2, 0.25) is 0 Å². The van der Waals surface area contributed by atoms with Gasteiger partial charge >= 0.3 is 0 Å². The van der Waals surface area contributed by atoms with Gasteiger partial charge in [-0.05, 0) is 36.0 Å². The molecule has 0 atom stereocenters. The Bertz CT molecular complexity index is 333. The maximum Gasteiger partial charge on any atom is 0.119 e. The summed E-state index contributed by atoms with van der Waals surface area (Å²) in [5, 5.41) is 0. The SMILES string of the molecule is CC(C)c1ccc(OCCC2CCCCC2)cc1. The topological polar surface area (TPSA) is 9.23 Å². The standard InChI is InChI=1S/C17H26O/c1-14(2)16-8-10-17(11-9-16)18-13-12-15-6-4-3-5-7-15/h8-11,14-15H,3-7,12-13H2,1-2H3. The van der Waals surface area contributed by atoms with Gasteiger partial charge in [-0.1, -0.05) is 58.1 Å². The molecule has 0 aromatic heterocycles. The molecule has 0 saturated heterocycles. The van der Waals surface area contributed by atoms with Gasteiger partial charge in [0.05, 0.1) is 6.61 Å². The van der Waals surface area contributed by atoms with E-state index in [0.717, 1.165) is 18.3 Å². The fourth-order valence-corrected chi connectivity index (χ4v) is 2.77. The number of ether oxygens (including phenoxy) is 1. The van der Waals surface area contributed by atoms with Crippen molar-refractivity contribution in [2.24, 2.45) is 5.92 Å². The van der Waals surface area contributed by atoms with Crippen LogP contribution in [0.3, 0.4) is 0 Å². The molecule has 1 aromatic carbocycles. The van der Waals surface area contributed by atoms with Crippen LogP contribution < -0.4 is 4.74 Å². The van der Waals surface area contributed by atoms with Crippen LogP contribution in [0, 0.1) is 5.92 Å². The van der Waals surface area contributed by atoms with E-state index in [4.69, 9.17) is 4.74 Å². The zero-order valence-corrected chi connectivity index (χ0v) is 11.8. The lowest BCUT2D eigenvalue weighted by Gasteiger charge is -2.21. The largest absolute Gasteiger partial charge is 0.494 e. The monoisotopic (exact) mass is 246 g/mol. The molecule has 1 aliphatic carbocycles. The van der Waals surface area contributed by atoms with Crippen LogP contribution in [-0.4, -0.2) is 6.61 Å². The van der Waals surface area contributed by atoms with Gasteiger partial charge in [-0.15, -0.1) is 0 Å². The molecule has 0 spiro atoms. The van der Waals surface area contributed by atoms with E-state index in [1.807, 2.05) is 0 Å². The molecular weight excluding hydrogens is 220 g/mol. The molecule has 0 radical (unpaired) electrons. The minimum Gasteiger partial charge on any atom is -0.494 e. The zero-order valence-electron chi connectivity index (χ0n) is 11.8. The van der Waals surface area contributed by atoms with Crippen molar-refractivity contribution in [2.75, 3.05) is 6.61 Å². The van der Waals surface area contributed by atoms with Gasteiger partial charge in [0, 0.05) is 0 Å². The zero-order chi connectivity index (χ0) is 12.8. The Morgan fingerprint density at radius 2 is 1.72 bits per heavy atom. The fraction of sp³-hybridized carbons (Fsp3) is 0.647. The molecular formula is C17H26O. The highest BCUT2D eigenvalue weighted by atomic mass is 16.5. The van der Waals surface area contributed by atoms with E-state index in [0.29, 0.717) is 5.92 Å². The molecule has 100 valence electrons. The van der Waals surface area contributed by atoms with Crippen LogP contribution in [0.5, 0.6) is 5.75 Å². The second-order valence-corrected chi connectivity index (χ2v) is 5.86. The normalized spacial score (nSPS) is 17.1. The highest BCUT2D eigenvalue weighted by Gasteiger charge is 2.13. The lowest BCUT2D eigenvalue weighted by molar-refractivity contribution is 0.246. The van der Waals surface area contributed by atoms with Crippen molar-refractivity contribution in [3.05, 3.63) is 29.8 Å². The van der Waals surface area contributed by atoms with Gasteiger partial charge in [-0.2, -0.15) is 0 Å². The van der Waals surface area contributed by atoms with Crippen molar-refractivity contribution in [3.63, 3.8) is 0 Å². The number of hydrogen-bond acceptors (Lipinski definition) is 1. The van der Waals surface area contributed by atoms with E-state index >= 15 is 0 Å². The van der Waals surface area contributed by atoms with E-state index in [2.05, 4.69) is 38.1 Å². The third kappa shape index (κ3) is 4.04. The molecule has 1 fully saturated rings. The summed E-state index contributed by atoms with van der Waals surface area (Å²) in [4.78, 5) is 0. The predicted octanol–water partition coefficient (Wildman–Crippen LogP) is 5.16. The molecule has 0 N–H and O–H groups in total. The van der Waals surface area contributed by atoms with Gasteiger partial charge in [0.15, 0.2) is 0 Å². The third-order valence-electron chi connectivity index (χ3n) is 4.07. The van der Waals surface area contributed by atoms with Crippen LogP contribution in [0.25, 0.3) is 0 Å². The summed E-state index contributed by atoms with van der Waals surface area (Å²) < 4.78 is 5.84. The van der Waals surface area contributed by atoms with Crippen LogP contribution in [0.4, 0.5) is 0 Å². The highest BCUT2D eigenvalue weighted by molar-refractivity contribution is 5.28. The van der Waals surface area contributed by atoms with Crippen LogP contribution >= 0.6 is 0 Å². The summed E-state index contributed by atoms with van der Waals surface area (Å²) in [6.45, 7) is 5.32. The Hall–Kier alpha value is -0.980. The first kappa shape index (κ1) is 13.5. The van der Waals surface area contributed by atoms with Crippen molar-refractivity contribution in [2.45, 2.75) is 58.3 Å². The second-order valence-electron chi connectivity index (χ2n) is 5.86. The van der Waals surface area contributed by atoms with Crippen molar-refractivity contribution in [1.29, 1.82) is 0 Å². The predicted molar refractivity (Wildman–Crippen MR) is 77.2 cm³/mol. The van der Waals surface area contributed by atoms with Gasteiger partial charge in [-0.25, -0.2) is 0 Å². The summed E-state index contributed by atoms with van der Waals surface area (Å²) in [6, 6.07) is 8.58. The minimum atomic E-state index is 0.598. The second kappa shape index (κ2) is 6.82. The molecule has 0 bridgehead atoms. The molecule has 0 aliphatic heterocycles. The fourth-order valence-electron chi connectivity index (χ4n) is 2.77. The summed E-state index contributed by atoms with van der Waals surface area (Å²) in [5.41, 5.74) is 1.38. The summed E-state index contributed by atoms with van der Waals surface area (Å²) >= 11 is 0. The highest BCUT2D eigenvalue weighted by Crippen LogP contribution is 2.26. The molecule has 1 saturated carbocycles. The van der Waals surface area contributed by atoms with Gasteiger partial charge in [-0.3, -0.25) is 0 Å². The lowest BCUT2D eigenvalue weighted by atomic mass is 9.87. The Balaban J connectivity index is 1.72. The van der Waals surface area contributed by atoms with E-state index < -0.39 is 0 Å². The molecule has 0 amide bonds. The quantitative estimate of drug-likeness (QED) is 0.697. The van der Waals surface area contributed by atoms with E-state index in [9.17, 15) is 0 Å². The Morgan fingerprint density at radius 1 is 1.06 bits per heavy atom. The van der Waals surface area contributed by atoms with Crippen molar-refractivity contribution in [3.8, 4) is 5.75 Å². The maximum atomic E-state index is 5.84. The van der Waals surface area contributed by atoms with Crippen molar-refractivity contribution in [1.82, 2.24) is 0 Å². The molecule has 1 nitrogen and oxygen atoms in total. The maximum absolute atomic E-state index is 5.84. The first-order valence-electron chi connectivity index (χ1n) is 7.48. The minimum absolute atomic E-state index is 0.598. The van der Waals surface area contributed by atoms with Crippen molar-refractivity contribution >= 4 is 0 Å². The summed E-state index contributed by atoms with van der Waals surface area (Å²) in [6.07, 6.45) is 8.34. The average molecular weight is 246 g/mol. The van der Waals surface area contributed by atoms with E-state index in [-0.39, 0.29) is 0 Å². The van der Waals surface area contributed by atoms with Crippen LogP contribution in [0.1, 0.15) is 63.9 Å². The summed E-state index contributed by atoms with van der Waals surface area (Å²) in [5.74, 6) is 2.53. The molecule has 1 aromatic rings. The Kier molecular flexibility index (Phi) is 5.10. The molecule has 0 heterocycles. The number of benzene rings is 1. The first-order valence-corrected chi connectivity index (χ1v) is 7.48. The van der Waals surface area contributed by atoms with Gasteiger partial charge < -0.3 is 4.74 Å². The van der Waals surface area contributed by atoms with E-state index in [1.165, 1.54) is 44.1 Å². The van der Waals surface area contributed by atoms with Crippen molar-refractivity contribution < 1.29 is 4.74 Å². The Morgan fingerprint density at radius 3 is 2.33 bits per heavy atom. The number of hydrogen-bond donors (Lipinski definition) is 0. The average Bonchev–Trinajstić information content (AvgIpc) is 2.40. The lowest BCUT2D eigenvalue weighted by Crippen LogP contribution is -2.10.